The Morgan fingerprint density at radius 2 is 2.24 bits per heavy atom. The molecule has 2 heterocycles. The number of thiazole rings is 1. The minimum Gasteiger partial charge on any atom is -0.492 e. The van der Waals surface area contributed by atoms with Crippen LogP contribution in [0.25, 0.3) is 17.1 Å². The SMILES string of the molecule is CCc1cccc(C=Cc2cc(=O)n3ccsc3n2)c1OCC1CC1. The maximum atomic E-state index is 12.1. The van der Waals surface area contributed by atoms with Crippen molar-refractivity contribution >= 4 is 28.4 Å². The molecule has 25 heavy (non-hydrogen) atoms. The zero-order chi connectivity index (χ0) is 17.2. The Kier molecular flexibility index (Phi) is 4.40. The van der Waals surface area contributed by atoms with Crippen molar-refractivity contribution in [2.75, 3.05) is 6.61 Å². The number of nitrogens with zero attached hydrogens (tertiary/aromatic N) is 2. The second-order valence-electron chi connectivity index (χ2n) is 6.35. The molecular weight excluding hydrogens is 332 g/mol. The van der Waals surface area contributed by atoms with Gasteiger partial charge in [0, 0.05) is 23.2 Å². The molecule has 4 rings (SSSR count). The number of benzene rings is 1. The average molecular weight is 352 g/mol. The fourth-order valence-electron chi connectivity index (χ4n) is 2.80. The van der Waals surface area contributed by atoms with E-state index in [0.29, 0.717) is 16.6 Å². The smallest absolute Gasteiger partial charge is 0.259 e. The van der Waals surface area contributed by atoms with E-state index >= 15 is 0 Å². The lowest BCUT2D eigenvalue weighted by Gasteiger charge is -2.13. The molecular formula is C20H20N2O2S. The summed E-state index contributed by atoms with van der Waals surface area (Å²) in [6, 6.07) is 7.77. The molecule has 5 heteroatoms. The quantitative estimate of drug-likeness (QED) is 0.665. The monoisotopic (exact) mass is 352 g/mol. The van der Waals surface area contributed by atoms with E-state index in [1.54, 1.807) is 16.7 Å². The Morgan fingerprint density at radius 1 is 1.36 bits per heavy atom. The summed E-state index contributed by atoms with van der Waals surface area (Å²) in [4.78, 5) is 17.3. The normalized spacial score (nSPS) is 14.4. The van der Waals surface area contributed by atoms with Crippen molar-refractivity contribution < 1.29 is 4.74 Å². The molecule has 2 aromatic heterocycles. The van der Waals surface area contributed by atoms with Gasteiger partial charge in [0.05, 0.1) is 12.3 Å². The van der Waals surface area contributed by atoms with Gasteiger partial charge in [-0.15, -0.1) is 11.3 Å². The third-order valence-corrected chi connectivity index (χ3v) is 5.18. The van der Waals surface area contributed by atoms with Crippen molar-refractivity contribution in [1.29, 1.82) is 0 Å². The third kappa shape index (κ3) is 3.51. The number of hydrogen-bond donors (Lipinski definition) is 0. The number of ether oxygens (including phenoxy) is 1. The highest BCUT2D eigenvalue weighted by atomic mass is 32.1. The Balaban J connectivity index is 1.65. The van der Waals surface area contributed by atoms with E-state index in [1.807, 2.05) is 23.6 Å². The third-order valence-electron chi connectivity index (χ3n) is 4.42. The Morgan fingerprint density at radius 3 is 3.04 bits per heavy atom. The van der Waals surface area contributed by atoms with Crippen molar-refractivity contribution in [3.63, 3.8) is 0 Å². The zero-order valence-electron chi connectivity index (χ0n) is 14.1. The maximum Gasteiger partial charge on any atom is 0.259 e. The van der Waals surface area contributed by atoms with Crippen LogP contribution in [-0.2, 0) is 6.42 Å². The fourth-order valence-corrected chi connectivity index (χ4v) is 3.52. The number of rotatable bonds is 6. The van der Waals surface area contributed by atoms with E-state index in [0.717, 1.165) is 24.3 Å². The van der Waals surface area contributed by atoms with E-state index < -0.39 is 0 Å². The van der Waals surface area contributed by atoms with Crippen LogP contribution in [0.1, 0.15) is 36.6 Å². The zero-order valence-corrected chi connectivity index (χ0v) is 15.0. The summed E-state index contributed by atoms with van der Waals surface area (Å²) >= 11 is 1.46. The van der Waals surface area contributed by atoms with Gasteiger partial charge in [-0.2, -0.15) is 0 Å². The molecule has 1 aliphatic rings. The molecule has 0 N–H and O–H groups in total. The van der Waals surface area contributed by atoms with Crippen molar-refractivity contribution in [2.45, 2.75) is 26.2 Å². The Hall–Kier alpha value is -2.40. The highest BCUT2D eigenvalue weighted by molar-refractivity contribution is 7.15. The molecule has 0 amide bonds. The first-order valence-electron chi connectivity index (χ1n) is 8.64. The van der Waals surface area contributed by atoms with E-state index in [-0.39, 0.29) is 5.56 Å². The van der Waals surface area contributed by atoms with Crippen LogP contribution < -0.4 is 10.3 Å². The summed E-state index contributed by atoms with van der Waals surface area (Å²) in [6.45, 7) is 2.93. The molecule has 128 valence electrons. The van der Waals surface area contributed by atoms with Gasteiger partial charge >= 0.3 is 0 Å². The summed E-state index contributed by atoms with van der Waals surface area (Å²) in [5.74, 6) is 1.67. The first kappa shape index (κ1) is 16.1. The van der Waals surface area contributed by atoms with Gasteiger partial charge in [-0.25, -0.2) is 4.98 Å². The van der Waals surface area contributed by atoms with Gasteiger partial charge in [0.2, 0.25) is 0 Å². The minimum atomic E-state index is -0.0570. The van der Waals surface area contributed by atoms with Crippen LogP contribution in [0.5, 0.6) is 5.75 Å². The van der Waals surface area contributed by atoms with E-state index in [9.17, 15) is 4.79 Å². The Bertz CT molecular complexity index is 983. The molecule has 0 unspecified atom stereocenters. The first-order chi connectivity index (χ1) is 12.2. The summed E-state index contributed by atoms with van der Waals surface area (Å²) in [7, 11) is 0. The van der Waals surface area contributed by atoms with Crippen molar-refractivity contribution in [3.05, 3.63) is 63.0 Å². The molecule has 1 aliphatic carbocycles. The van der Waals surface area contributed by atoms with Gasteiger partial charge in [0.25, 0.3) is 5.56 Å². The van der Waals surface area contributed by atoms with Gasteiger partial charge < -0.3 is 4.74 Å². The molecule has 1 saturated carbocycles. The van der Waals surface area contributed by atoms with Crippen LogP contribution in [0.3, 0.4) is 0 Å². The number of para-hydroxylation sites is 1. The van der Waals surface area contributed by atoms with Gasteiger partial charge in [-0.1, -0.05) is 25.1 Å². The average Bonchev–Trinajstić information content (AvgIpc) is 3.33. The fraction of sp³-hybridized carbons (Fsp3) is 0.300. The number of aromatic nitrogens is 2. The molecule has 3 aromatic rings. The number of fused-ring (bicyclic) bond motifs is 1. The molecule has 0 saturated heterocycles. The summed E-state index contributed by atoms with van der Waals surface area (Å²) in [6.07, 6.45) is 9.11. The van der Waals surface area contributed by atoms with Gasteiger partial charge in [0.15, 0.2) is 4.96 Å². The van der Waals surface area contributed by atoms with Crippen LogP contribution in [0.2, 0.25) is 0 Å². The van der Waals surface area contributed by atoms with E-state index in [4.69, 9.17) is 4.74 Å². The standard InChI is InChI=1S/C20H20N2O2S/c1-2-15-4-3-5-16(19(15)24-13-14-6-7-14)8-9-17-12-18(23)22-10-11-25-20(22)21-17/h3-5,8-12,14H,2,6-7,13H2,1H3. The number of aryl methyl sites for hydroxylation is 1. The molecule has 0 aliphatic heterocycles. The van der Waals surface area contributed by atoms with Gasteiger partial charge in [0.1, 0.15) is 5.75 Å². The van der Waals surface area contributed by atoms with Crippen LogP contribution >= 0.6 is 11.3 Å². The highest BCUT2D eigenvalue weighted by Gasteiger charge is 2.22. The van der Waals surface area contributed by atoms with Crippen molar-refractivity contribution in [1.82, 2.24) is 9.38 Å². The van der Waals surface area contributed by atoms with Crippen LogP contribution in [0, 0.1) is 5.92 Å². The van der Waals surface area contributed by atoms with Gasteiger partial charge in [-0.05, 0) is 42.9 Å². The lowest BCUT2D eigenvalue weighted by Crippen LogP contribution is -2.11. The summed E-state index contributed by atoms with van der Waals surface area (Å²) in [5.41, 5.74) is 2.86. The predicted molar refractivity (Wildman–Crippen MR) is 102 cm³/mol. The van der Waals surface area contributed by atoms with Crippen LogP contribution in [0.4, 0.5) is 0 Å². The van der Waals surface area contributed by atoms with E-state index in [2.05, 4.69) is 24.0 Å². The first-order valence-corrected chi connectivity index (χ1v) is 9.52. The minimum absolute atomic E-state index is 0.0570. The van der Waals surface area contributed by atoms with E-state index in [1.165, 1.54) is 29.7 Å². The molecule has 1 aromatic carbocycles. The highest BCUT2D eigenvalue weighted by Crippen LogP contribution is 2.32. The maximum absolute atomic E-state index is 12.1. The van der Waals surface area contributed by atoms with Crippen molar-refractivity contribution in [3.8, 4) is 5.75 Å². The van der Waals surface area contributed by atoms with Gasteiger partial charge in [-0.3, -0.25) is 9.20 Å². The molecule has 0 spiro atoms. The molecule has 0 radical (unpaired) electrons. The molecule has 0 bridgehead atoms. The Labute approximate surface area is 150 Å². The summed E-state index contributed by atoms with van der Waals surface area (Å²) in [5, 5.41) is 1.87. The second kappa shape index (κ2) is 6.84. The predicted octanol–water partition coefficient (Wildman–Crippen LogP) is 4.28. The van der Waals surface area contributed by atoms with Crippen LogP contribution in [-0.4, -0.2) is 16.0 Å². The molecule has 0 atom stereocenters. The number of hydrogen-bond acceptors (Lipinski definition) is 4. The van der Waals surface area contributed by atoms with Crippen molar-refractivity contribution in [2.24, 2.45) is 5.92 Å². The molecule has 4 nitrogen and oxygen atoms in total. The lowest BCUT2D eigenvalue weighted by molar-refractivity contribution is 0.296. The lowest BCUT2D eigenvalue weighted by atomic mass is 10.1. The topological polar surface area (TPSA) is 43.6 Å². The second-order valence-corrected chi connectivity index (χ2v) is 7.22. The molecule has 1 fully saturated rings. The largest absolute Gasteiger partial charge is 0.492 e. The van der Waals surface area contributed by atoms with Crippen LogP contribution in [0.15, 0.2) is 40.6 Å². The summed E-state index contributed by atoms with van der Waals surface area (Å²) < 4.78 is 7.68.